The van der Waals surface area contributed by atoms with Crippen LogP contribution in [0.15, 0.2) is 24.3 Å². The molecule has 0 aromatic heterocycles. The zero-order chi connectivity index (χ0) is 14.1. The average molecular weight is 263 g/mol. The number of ether oxygens (including phenoxy) is 1. The molecule has 1 aromatic carbocycles. The van der Waals surface area contributed by atoms with Gasteiger partial charge in [0.25, 0.3) is 0 Å². The van der Waals surface area contributed by atoms with Crippen LogP contribution in [0.5, 0.6) is 5.75 Å². The molecular weight excluding hydrogens is 234 g/mol. The lowest BCUT2D eigenvalue weighted by atomic mass is 10.00. The van der Waals surface area contributed by atoms with Crippen molar-refractivity contribution in [3.05, 3.63) is 29.8 Å². The highest BCUT2D eigenvalue weighted by atomic mass is 16.5. The number of methoxy groups -OCH3 is 1. The molecule has 0 bridgehead atoms. The molecule has 1 aromatic rings. The maximum absolute atomic E-state index is 5.22. The summed E-state index contributed by atoms with van der Waals surface area (Å²) in [6, 6.07) is 9.54. The van der Waals surface area contributed by atoms with E-state index < -0.39 is 0 Å². The Bertz CT molecular complexity index is 328. The van der Waals surface area contributed by atoms with E-state index in [-0.39, 0.29) is 0 Å². The van der Waals surface area contributed by atoms with Gasteiger partial charge in [-0.2, -0.15) is 0 Å². The Morgan fingerprint density at radius 1 is 1.00 bits per heavy atom. The van der Waals surface area contributed by atoms with Crippen LogP contribution >= 0.6 is 0 Å². The molecule has 0 aliphatic rings. The largest absolute Gasteiger partial charge is 0.497 e. The van der Waals surface area contributed by atoms with E-state index in [2.05, 4.69) is 38.2 Å². The second-order valence-corrected chi connectivity index (χ2v) is 5.17. The molecule has 0 spiro atoms. The van der Waals surface area contributed by atoms with E-state index in [1.165, 1.54) is 31.2 Å². The lowest BCUT2D eigenvalue weighted by molar-refractivity contribution is 0.381. The number of rotatable bonds is 9. The van der Waals surface area contributed by atoms with Crippen molar-refractivity contribution in [1.29, 1.82) is 0 Å². The van der Waals surface area contributed by atoms with Crippen molar-refractivity contribution in [3.8, 4) is 5.75 Å². The predicted octanol–water partition coefficient (Wildman–Crippen LogP) is 4.70. The van der Waals surface area contributed by atoms with E-state index in [1.54, 1.807) is 7.11 Å². The molecule has 0 saturated carbocycles. The fraction of sp³-hybridized carbons (Fsp3) is 0.647. The summed E-state index contributed by atoms with van der Waals surface area (Å²) in [6.45, 7) is 6.77. The summed E-state index contributed by atoms with van der Waals surface area (Å²) in [5, 5.41) is 3.82. The van der Waals surface area contributed by atoms with Crippen molar-refractivity contribution in [3.63, 3.8) is 0 Å². The molecule has 0 aliphatic heterocycles. The first-order valence-corrected chi connectivity index (χ1v) is 7.65. The maximum atomic E-state index is 5.22. The summed E-state index contributed by atoms with van der Waals surface area (Å²) in [7, 11) is 1.71. The first-order chi connectivity index (χ1) is 9.24. The van der Waals surface area contributed by atoms with E-state index in [9.17, 15) is 0 Å². The van der Waals surface area contributed by atoms with Crippen molar-refractivity contribution in [2.75, 3.05) is 7.11 Å². The Morgan fingerprint density at radius 2 is 1.58 bits per heavy atom. The Morgan fingerprint density at radius 3 is 2.00 bits per heavy atom. The van der Waals surface area contributed by atoms with Gasteiger partial charge in [0.15, 0.2) is 0 Å². The molecule has 2 heteroatoms. The summed E-state index contributed by atoms with van der Waals surface area (Å²) in [5.41, 5.74) is 1.36. The minimum Gasteiger partial charge on any atom is -0.497 e. The molecule has 1 N–H and O–H groups in total. The summed E-state index contributed by atoms with van der Waals surface area (Å²) in [5.74, 6) is 0.928. The molecule has 1 atom stereocenters. The zero-order valence-corrected chi connectivity index (χ0v) is 12.9. The summed E-state index contributed by atoms with van der Waals surface area (Å²) in [6.07, 6.45) is 6.14. The topological polar surface area (TPSA) is 21.3 Å². The highest BCUT2D eigenvalue weighted by Crippen LogP contribution is 2.22. The van der Waals surface area contributed by atoms with Crippen LogP contribution in [-0.4, -0.2) is 13.2 Å². The number of benzene rings is 1. The van der Waals surface area contributed by atoms with Crippen LogP contribution in [0.3, 0.4) is 0 Å². The van der Waals surface area contributed by atoms with Gasteiger partial charge in [0.05, 0.1) is 7.11 Å². The van der Waals surface area contributed by atoms with Gasteiger partial charge in [-0.05, 0) is 37.0 Å². The van der Waals surface area contributed by atoms with Crippen molar-refractivity contribution in [1.82, 2.24) is 5.32 Å². The lowest BCUT2D eigenvalue weighted by Gasteiger charge is -2.25. The number of nitrogens with one attached hydrogen (secondary N) is 1. The Labute approximate surface area is 118 Å². The molecule has 0 saturated heterocycles. The standard InChI is InChI=1S/C17H29NO/c1-5-8-15(9-6-2)18-17(7-3)14-10-12-16(19-4)13-11-14/h10-13,15,17-18H,5-9H2,1-4H3. The highest BCUT2D eigenvalue weighted by molar-refractivity contribution is 5.29. The van der Waals surface area contributed by atoms with Gasteiger partial charge in [-0.3, -0.25) is 0 Å². The van der Waals surface area contributed by atoms with Crippen LogP contribution in [0.25, 0.3) is 0 Å². The summed E-state index contributed by atoms with van der Waals surface area (Å²) >= 11 is 0. The van der Waals surface area contributed by atoms with Crippen LogP contribution in [0.1, 0.15) is 64.5 Å². The Hall–Kier alpha value is -1.02. The van der Waals surface area contributed by atoms with Crippen LogP contribution in [0.4, 0.5) is 0 Å². The van der Waals surface area contributed by atoms with Crippen molar-refractivity contribution in [2.24, 2.45) is 0 Å². The van der Waals surface area contributed by atoms with E-state index in [4.69, 9.17) is 4.74 Å². The first kappa shape index (κ1) is 16.0. The van der Waals surface area contributed by atoms with Crippen LogP contribution in [0, 0.1) is 0 Å². The molecule has 2 nitrogen and oxygen atoms in total. The fourth-order valence-electron chi connectivity index (χ4n) is 2.58. The molecule has 0 aliphatic carbocycles. The van der Waals surface area contributed by atoms with Gasteiger partial charge in [0, 0.05) is 12.1 Å². The first-order valence-electron chi connectivity index (χ1n) is 7.65. The van der Waals surface area contributed by atoms with E-state index in [0.717, 1.165) is 12.2 Å². The van der Waals surface area contributed by atoms with Crippen molar-refractivity contribution < 1.29 is 4.74 Å². The smallest absolute Gasteiger partial charge is 0.118 e. The Kier molecular flexibility index (Phi) is 7.57. The molecule has 1 unspecified atom stereocenters. The molecule has 1 rings (SSSR count). The Balaban J connectivity index is 2.69. The van der Waals surface area contributed by atoms with Gasteiger partial charge < -0.3 is 10.1 Å². The van der Waals surface area contributed by atoms with Gasteiger partial charge in [0.1, 0.15) is 5.75 Å². The van der Waals surface area contributed by atoms with Gasteiger partial charge in [-0.15, -0.1) is 0 Å². The third-order valence-corrected chi connectivity index (χ3v) is 3.64. The SMILES string of the molecule is CCCC(CCC)NC(CC)c1ccc(OC)cc1. The van der Waals surface area contributed by atoms with Crippen LogP contribution < -0.4 is 10.1 Å². The van der Waals surface area contributed by atoms with E-state index >= 15 is 0 Å². The van der Waals surface area contributed by atoms with Crippen molar-refractivity contribution >= 4 is 0 Å². The minimum atomic E-state index is 0.453. The van der Waals surface area contributed by atoms with Gasteiger partial charge >= 0.3 is 0 Å². The quantitative estimate of drug-likeness (QED) is 0.697. The second kappa shape index (κ2) is 8.98. The maximum Gasteiger partial charge on any atom is 0.118 e. The normalized spacial score (nSPS) is 12.7. The monoisotopic (exact) mass is 263 g/mol. The van der Waals surface area contributed by atoms with Gasteiger partial charge in [-0.1, -0.05) is 45.7 Å². The molecule has 0 fully saturated rings. The fourth-order valence-corrected chi connectivity index (χ4v) is 2.58. The molecular formula is C17H29NO. The van der Waals surface area contributed by atoms with E-state index in [0.29, 0.717) is 12.1 Å². The highest BCUT2D eigenvalue weighted by Gasteiger charge is 2.14. The third kappa shape index (κ3) is 5.23. The third-order valence-electron chi connectivity index (χ3n) is 3.64. The number of hydrogen-bond acceptors (Lipinski definition) is 2. The molecule has 108 valence electrons. The van der Waals surface area contributed by atoms with Gasteiger partial charge in [-0.25, -0.2) is 0 Å². The van der Waals surface area contributed by atoms with Gasteiger partial charge in [0.2, 0.25) is 0 Å². The van der Waals surface area contributed by atoms with Crippen LogP contribution in [0.2, 0.25) is 0 Å². The van der Waals surface area contributed by atoms with E-state index in [1.807, 2.05) is 12.1 Å². The molecule has 0 radical (unpaired) electrons. The molecule has 19 heavy (non-hydrogen) atoms. The zero-order valence-electron chi connectivity index (χ0n) is 12.9. The molecule has 0 amide bonds. The number of hydrogen-bond donors (Lipinski definition) is 1. The lowest BCUT2D eigenvalue weighted by Crippen LogP contribution is -2.32. The summed E-state index contributed by atoms with van der Waals surface area (Å²) in [4.78, 5) is 0. The van der Waals surface area contributed by atoms with Crippen molar-refractivity contribution in [2.45, 2.75) is 65.0 Å². The summed E-state index contributed by atoms with van der Waals surface area (Å²) < 4.78 is 5.22. The second-order valence-electron chi connectivity index (χ2n) is 5.17. The average Bonchev–Trinajstić information content (AvgIpc) is 2.45. The predicted molar refractivity (Wildman–Crippen MR) is 82.8 cm³/mol. The minimum absolute atomic E-state index is 0.453. The molecule has 0 heterocycles. The van der Waals surface area contributed by atoms with Crippen LogP contribution in [-0.2, 0) is 0 Å².